The molecule has 18 heavy (non-hydrogen) atoms. The molecule has 3 heteroatoms. The highest BCUT2D eigenvalue weighted by atomic mass is 16.1. The summed E-state index contributed by atoms with van der Waals surface area (Å²) in [5.41, 5.74) is 2.33. The van der Waals surface area contributed by atoms with Crippen LogP contribution in [-0.2, 0) is 7.05 Å². The Balaban J connectivity index is 2.39. The molecule has 0 saturated carbocycles. The third-order valence-corrected chi connectivity index (χ3v) is 3.02. The van der Waals surface area contributed by atoms with Crippen molar-refractivity contribution >= 4 is 11.0 Å². The minimum atomic E-state index is -0.0484. The zero-order valence-electron chi connectivity index (χ0n) is 10.00. The van der Waals surface area contributed by atoms with E-state index < -0.39 is 0 Å². The molecule has 88 valence electrons. The number of aromatic nitrogens is 2. The van der Waals surface area contributed by atoms with E-state index in [4.69, 9.17) is 0 Å². The van der Waals surface area contributed by atoms with Gasteiger partial charge in [0.25, 0.3) is 0 Å². The number of fused-ring (bicyclic) bond motifs is 1. The molecular formula is C15H12N2O. The van der Waals surface area contributed by atoms with E-state index in [2.05, 4.69) is 4.98 Å². The van der Waals surface area contributed by atoms with Gasteiger partial charge in [0, 0.05) is 12.6 Å². The van der Waals surface area contributed by atoms with Gasteiger partial charge in [-0.15, -0.1) is 0 Å². The second-order valence-electron chi connectivity index (χ2n) is 4.18. The van der Waals surface area contributed by atoms with Gasteiger partial charge in [0.2, 0.25) is 5.43 Å². The number of hydrogen-bond donors (Lipinski definition) is 0. The molecule has 0 amide bonds. The summed E-state index contributed by atoms with van der Waals surface area (Å²) in [5, 5.41) is 0. The van der Waals surface area contributed by atoms with Crippen molar-refractivity contribution in [2.45, 2.75) is 0 Å². The smallest absolute Gasteiger partial charge is 0.206 e. The first-order chi connectivity index (χ1) is 8.77. The SMILES string of the molecule is Cn1c(-c2ccccc2)nc2c(=O)ccccc21. The fourth-order valence-electron chi connectivity index (χ4n) is 2.10. The van der Waals surface area contributed by atoms with Crippen molar-refractivity contribution in [3.8, 4) is 11.4 Å². The summed E-state index contributed by atoms with van der Waals surface area (Å²) in [6, 6.07) is 16.9. The molecule has 0 N–H and O–H groups in total. The molecule has 0 bridgehead atoms. The van der Waals surface area contributed by atoms with E-state index in [1.54, 1.807) is 12.1 Å². The lowest BCUT2D eigenvalue weighted by Gasteiger charge is -2.01. The van der Waals surface area contributed by atoms with Crippen LogP contribution in [0.5, 0.6) is 0 Å². The first kappa shape index (κ1) is 10.7. The Bertz CT molecular complexity index is 760. The molecule has 0 aliphatic rings. The summed E-state index contributed by atoms with van der Waals surface area (Å²) >= 11 is 0. The second kappa shape index (κ2) is 4.11. The highest BCUT2D eigenvalue weighted by molar-refractivity contribution is 5.79. The predicted molar refractivity (Wildman–Crippen MR) is 72.4 cm³/mol. The van der Waals surface area contributed by atoms with Gasteiger partial charge in [0.1, 0.15) is 11.3 Å². The average Bonchev–Trinajstić information content (AvgIpc) is 2.61. The van der Waals surface area contributed by atoms with Crippen molar-refractivity contribution in [2.24, 2.45) is 7.05 Å². The zero-order chi connectivity index (χ0) is 12.5. The molecule has 0 aliphatic heterocycles. The molecule has 3 aromatic rings. The summed E-state index contributed by atoms with van der Waals surface area (Å²) in [4.78, 5) is 16.4. The molecule has 1 heterocycles. The van der Waals surface area contributed by atoms with Crippen molar-refractivity contribution in [1.29, 1.82) is 0 Å². The van der Waals surface area contributed by atoms with Crippen LogP contribution in [0.25, 0.3) is 22.4 Å². The number of benzene rings is 1. The van der Waals surface area contributed by atoms with Crippen LogP contribution in [0.1, 0.15) is 0 Å². The first-order valence-electron chi connectivity index (χ1n) is 5.78. The summed E-state index contributed by atoms with van der Waals surface area (Å²) in [6.45, 7) is 0. The fraction of sp³-hybridized carbons (Fsp3) is 0.0667. The molecule has 0 aliphatic carbocycles. The normalized spacial score (nSPS) is 10.7. The lowest BCUT2D eigenvalue weighted by molar-refractivity contribution is 0.959. The van der Waals surface area contributed by atoms with Crippen molar-refractivity contribution in [3.05, 3.63) is 64.8 Å². The van der Waals surface area contributed by atoms with E-state index in [1.165, 1.54) is 0 Å². The first-order valence-corrected chi connectivity index (χ1v) is 5.78. The molecule has 3 nitrogen and oxygen atoms in total. The molecule has 0 fully saturated rings. The molecule has 0 unspecified atom stereocenters. The lowest BCUT2D eigenvalue weighted by atomic mass is 10.2. The third kappa shape index (κ3) is 1.61. The average molecular weight is 236 g/mol. The van der Waals surface area contributed by atoms with Gasteiger partial charge >= 0.3 is 0 Å². The van der Waals surface area contributed by atoms with Gasteiger partial charge in [-0.1, -0.05) is 42.5 Å². The third-order valence-electron chi connectivity index (χ3n) is 3.02. The Morgan fingerprint density at radius 1 is 0.944 bits per heavy atom. The zero-order valence-corrected chi connectivity index (χ0v) is 10.00. The summed E-state index contributed by atoms with van der Waals surface area (Å²) in [5.74, 6) is 0.814. The standard InChI is InChI=1S/C15H12N2O/c1-17-12-9-5-6-10-13(18)14(12)16-15(17)11-7-3-2-4-8-11/h2-10H,1H3. The molecule has 0 atom stereocenters. The predicted octanol–water partition coefficient (Wildman–Crippen LogP) is 2.60. The van der Waals surface area contributed by atoms with Crippen molar-refractivity contribution in [3.63, 3.8) is 0 Å². The van der Waals surface area contributed by atoms with Crippen LogP contribution in [0.3, 0.4) is 0 Å². The van der Waals surface area contributed by atoms with Gasteiger partial charge in [0.05, 0.1) is 5.52 Å². The van der Waals surface area contributed by atoms with Crippen LogP contribution in [0.15, 0.2) is 59.4 Å². The van der Waals surface area contributed by atoms with Crippen molar-refractivity contribution < 1.29 is 0 Å². The number of nitrogens with zero attached hydrogens (tertiary/aromatic N) is 2. The van der Waals surface area contributed by atoms with Crippen LogP contribution in [-0.4, -0.2) is 9.55 Å². The fourth-order valence-corrected chi connectivity index (χ4v) is 2.10. The maximum absolute atomic E-state index is 11.9. The quantitative estimate of drug-likeness (QED) is 0.651. The Morgan fingerprint density at radius 2 is 1.61 bits per heavy atom. The largest absolute Gasteiger partial charge is 0.327 e. The van der Waals surface area contributed by atoms with Gasteiger partial charge in [-0.3, -0.25) is 4.79 Å². The number of rotatable bonds is 1. The summed E-state index contributed by atoms with van der Waals surface area (Å²) < 4.78 is 1.95. The Hall–Kier alpha value is -2.42. The molecule has 2 aromatic carbocycles. The maximum Gasteiger partial charge on any atom is 0.206 e. The van der Waals surface area contributed by atoms with Gasteiger partial charge in [-0.25, -0.2) is 4.98 Å². The highest BCUT2D eigenvalue weighted by Gasteiger charge is 2.10. The summed E-state index contributed by atoms with van der Waals surface area (Å²) in [7, 11) is 1.93. The van der Waals surface area contributed by atoms with E-state index in [1.807, 2.05) is 54.1 Å². The molecule has 1 aromatic heterocycles. The van der Waals surface area contributed by atoms with Gasteiger partial charge in [0.15, 0.2) is 0 Å². The molecular weight excluding hydrogens is 224 g/mol. The maximum atomic E-state index is 11.9. The Labute approximate surface area is 104 Å². The van der Waals surface area contributed by atoms with Crippen LogP contribution >= 0.6 is 0 Å². The van der Waals surface area contributed by atoms with Gasteiger partial charge in [-0.2, -0.15) is 0 Å². The Kier molecular flexibility index (Phi) is 2.45. The minimum absolute atomic E-state index is 0.0484. The molecule has 0 saturated heterocycles. The second-order valence-corrected chi connectivity index (χ2v) is 4.18. The van der Waals surface area contributed by atoms with E-state index in [-0.39, 0.29) is 5.43 Å². The van der Waals surface area contributed by atoms with Crippen LogP contribution < -0.4 is 5.43 Å². The Morgan fingerprint density at radius 3 is 2.39 bits per heavy atom. The minimum Gasteiger partial charge on any atom is -0.327 e. The van der Waals surface area contributed by atoms with E-state index in [0.29, 0.717) is 5.52 Å². The topological polar surface area (TPSA) is 34.9 Å². The van der Waals surface area contributed by atoms with E-state index >= 15 is 0 Å². The summed E-state index contributed by atoms with van der Waals surface area (Å²) in [6.07, 6.45) is 0. The monoisotopic (exact) mass is 236 g/mol. The van der Waals surface area contributed by atoms with E-state index in [9.17, 15) is 4.79 Å². The van der Waals surface area contributed by atoms with Crippen LogP contribution in [0, 0.1) is 0 Å². The molecule has 0 radical (unpaired) electrons. The molecule has 3 rings (SSSR count). The van der Waals surface area contributed by atoms with Gasteiger partial charge in [-0.05, 0) is 12.1 Å². The van der Waals surface area contributed by atoms with Crippen molar-refractivity contribution in [2.75, 3.05) is 0 Å². The van der Waals surface area contributed by atoms with Crippen molar-refractivity contribution in [1.82, 2.24) is 9.55 Å². The molecule has 0 spiro atoms. The van der Waals surface area contributed by atoms with Crippen LogP contribution in [0.2, 0.25) is 0 Å². The lowest BCUT2D eigenvalue weighted by Crippen LogP contribution is -1.94. The van der Waals surface area contributed by atoms with Gasteiger partial charge < -0.3 is 4.57 Å². The number of imidazole rings is 1. The van der Waals surface area contributed by atoms with Crippen LogP contribution in [0.4, 0.5) is 0 Å². The highest BCUT2D eigenvalue weighted by Crippen LogP contribution is 2.20. The van der Waals surface area contributed by atoms with E-state index in [0.717, 1.165) is 16.9 Å². The number of aryl methyl sites for hydroxylation is 1. The number of hydrogen-bond acceptors (Lipinski definition) is 2.